The molecule has 2 atom stereocenters. The molecule has 2 unspecified atom stereocenters. The summed E-state index contributed by atoms with van der Waals surface area (Å²) in [7, 11) is 0. The number of amides is 2. The van der Waals surface area contributed by atoms with Gasteiger partial charge in [-0.2, -0.15) is 0 Å². The van der Waals surface area contributed by atoms with E-state index in [-0.39, 0.29) is 23.7 Å². The van der Waals surface area contributed by atoms with Crippen molar-refractivity contribution in [2.45, 2.75) is 32.6 Å². The Morgan fingerprint density at radius 3 is 1.58 bits per heavy atom. The van der Waals surface area contributed by atoms with Crippen LogP contribution in [-0.2, 0) is 9.59 Å². The van der Waals surface area contributed by atoms with E-state index in [1.165, 1.54) is 0 Å². The highest BCUT2D eigenvalue weighted by Crippen LogP contribution is 2.36. The molecule has 0 heterocycles. The number of rotatable bonds is 6. The van der Waals surface area contributed by atoms with E-state index < -0.39 is 0 Å². The molecule has 0 radical (unpaired) electrons. The standard InChI is InChI=1S/C29H30N2O2/c1-22(2)30(25-15-6-3-7-16-25)28(32)23-13-12-14-24(21-23)29(33)31(26-17-8-4-9-18-26)27-19-10-5-11-20-27/h3-11,15-20,23-24H,1,12-14,21H2,2H3. The lowest BCUT2D eigenvalue weighted by molar-refractivity contribution is -0.126. The molecule has 0 saturated heterocycles. The number of nitrogens with zero attached hydrogens (tertiary/aromatic N) is 2. The monoisotopic (exact) mass is 438 g/mol. The summed E-state index contributed by atoms with van der Waals surface area (Å²) in [5.41, 5.74) is 3.19. The van der Waals surface area contributed by atoms with Crippen molar-refractivity contribution >= 4 is 28.9 Å². The number of benzene rings is 3. The lowest BCUT2D eigenvalue weighted by Gasteiger charge is -2.34. The zero-order valence-electron chi connectivity index (χ0n) is 19.1. The minimum atomic E-state index is -0.212. The number of hydrogen-bond acceptors (Lipinski definition) is 2. The van der Waals surface area contributed by atoms with Gasteiger partial charge in [-0.1, -0.05) is 67.6 Å². The predicted molar refractivity (Wildman–Crippen MR) is 134 cm³/mol. The van der Waals surface area contributed by atoms with E-state index in [1.807, 2.05) is 97.9 Å². The minimum absolute atomic E-state index is 0.0252. The maximum absolute atomic E-state index is 13.8. The van der Waals surface area contributed by atoms with E-state index >= 15 is 0 Å². The normalized spacial score (nSPS) is 17.7. The Hall–Kier alpha value is -3.66. The Kier molecular flexibility index (Phi) is 7.04. The predicted octanol–water partition coefficient (Wildman–Crippen LogP) is 6.72. The molecule has 1 fully saturated rings. The van der Waals surface area contributed by atoms with E-state index in [2.05, 4.69) is 6.58 Å². The van der Waals surface area contributed by atoms with Crippen molar-refractivity contribution in [1.29, 1.82) is 0 Å². The zero-order valence-corrected chi connectivity index (χ0v) is 19.1. The Balaban J connectivity index is 1.58. The van der Waals surface area contributed by atoms with Gasteiger partial charge in [0.2, 0.25) is 11.8 Å². The molecule has 33 heavy (non-hydrogen) atoms. The Morgan fingerprint density at radius 2 is 1.12 bits per heavy atom. The average Bonchev–Trinajstić information content (AvgIpc) is 2.86. The fourth-order valence-electron chi connectivity index (χ4n) is 4.67. The van der Waals surface area contributed by atoms with Crippen LogP contribution >= 0.6 is 0 Å². The third kappa shape index (κ3) is 5.06. The van der Waals surface area contributed by atoms with Crippen LogP contribution in [0.2, 0.25) is 0 Å². The summed E-state index contributed by atoms with van der Waals surface area (Å²) < 4.78 is 0. The van der Waals surface area contributed by atoms with Crippen LogP contribution < -0.4 is 9.80 Å². The quantitative estimate of drug-likeness (QED) is 0.428. The molecule has 2 amide bonds. The molecule has 168 valence electrons. The molecule has 3 aromatic carbocycles. The van der Waals surface area contributed by atoms with Crippen molar-refractivity contribution in [2.75, 3.05) is 9.80 Å². The van der Waals surface area contributed by atoms with Crippen molar-refractivity contribution in [3.05, 3.63) is 103 Å². The van der Waals surface area contributed by atoms with Crippen LogP contribution in [0, 0.1) is 11.8 Å². The van der Waals surface area contributed by atoms with E-state index in [0.717, 1.165) is 36.3 Å². The SMILES string of the molecule is C=C(C)N(C(=O)C1CCCC(C(=O)N(c2ccccc2)c2ccccc2)C1)c1ccccc1. The molecule has 0 N–H and O–H groups in total. The van der Waals surface area contributed by atoms with Gasteiger partial charge in [-0.05, 0) is 62.6 Å². The lowest BCUT2D eigenvalue weighted by Crippen LogP contribution is -2.40. The van der Waals surface area contributed by atoms with Crippen LogP contribution in [0.25, 0.3) is 0 Å². The van der Waals surface area contributed by atoms with Gasteiger partial charge in [0.15, 0.2) is 0 Å². The fourth-order valence-corrected chi connectivity index (χ4v) is 4.67. The van der Waals surface area contributed by atoms with Crippen LogP contribution in [-0.4, -0.2) is 11.8 Å². The summed E-state index contributed by atoms with van der Waals surface area (Å²) in [5.74, 6) is -0.350. The number of hydrogen-bond donors (Lipinski definition) is 0. The first-order valence-electron chi connectivity index (χ1n) is 11.5. The molecule has 3 aromatic rings. The molecule has 1 saturated carbocycles. The van der Waals surface area contributed by atoms with Crippen molar-refractivity contribution in [3.63, 3.8) is 0 Å². The molecule has 4 nitrogen and oxygen atoms in total. The van der Waals surface area contributed by atoms with E-state index in [1.54, 1.807) is 9.80 Å². The molecular weight excluding hydrogens is 408 g/mol. The number of carbonyl (C=O) groups is 2. The second-order valence-corrected chi connectivity index (χ2v) is 8.65. The van der Waals surface area contributed by atoms with Gasteiger partial charge in [0.25, 0.3) is 0 Å². The van der Waals surface area contributed by atoms with Crippen LogP contribution in [0.5, 0.6) is 0 Å². The molecule has 1 aliphatic carbocycles. The highest BCUT2D eigenvalue weighted by atomic mass is 16.2. The third-order valence-corrected chi connectivity index (χ3v) is 6.24. The molecule has 4 heteroatoms. The molecule has 0 aromatic heterocycles. The first kappa shape index (κ1) is 22.5. The first-order chi connectivity index (χ1) is 16.1. The maximum atomic E-state index is 13.8. The molecule has 1 aliphatic rings. The van der Waals surface area contributed by atoms with Crippen molar-refractivity contribution in [1.82, 2.24) is 0 Å². The van der Waals surface area contributed by atoms with Crippen molar-refractivity contribution < 1.29 is 9.59 Å². The van der Waals surface area contributed by atoms with E-state index in [0.29, 0.717) is 12.1 Å². The second-order valence-electron chi connectivity index (χ2n) is 8.65. The van der Waals surface area contributed by atoms with Crippen LogP contribution in [0.15, 0.2) is 103 Å². The third-order valence-electron chi connectivity index (χ3n) is 6.24. The van der Waals surface area contributed by atoms with Crippen LogP contribution in [0.4, 0.5) is 17.1 Å². The average molecular weight is 439 g/mol. The van der Waals surface area contributed by atoms with Gasteiger partial charge < -0.3 is 0 Å². The summed E-state index contributed by atoms with van der Waals surface area (Å²) in [6.45, 7) is 5.89. The van der Waals surface area contributed by atoms with Gasteiger partial charge in [0, 0.05) is 34.6 Å². The summed E-state index contributed by atoms with van der Waals surface area (Å²) in [6.07, 6.45) is 2.97. The highest BCUT2D eigenvalue weighted by molar-refractivity contribution is 6.03. The molecule has 4 rings (SSSR count). The van der Waals surface area contributed by atoms with Gasteiger partial charge in [-0.25, -0.2) is 0 Å². The zero-order chi connectivity index (χ0) is 23.2. The molecular formula is C29H30N2O2. The van der Waals surface area contributed by atoms with Gasteiger partial charge in [-0.3, -0.25) is 19.4 Å². The molecule has 0 aliphatic heterocycles. The fraction of sp³-hybridized carbons (Fsp3) is 0.241. The summed E-state index contributed by atoms with van der Waals surface area (Å²) in [5, 5.41) is 0. The Morgan fingerprint density at radius 1 is 0.697 bits per heavy atom. The number of para-hydroxylation sites is 3. The Labute approximate surface area is 196 Å². The second kappa shape index (κ2) is 10.3. The highest BCUT2D eigenvalue weighted by Gasteiger charge is 2.36. The van der Waals surface area contributed by atoms with Gasteiger partial charge in [-0.15, -0.1) is 0 Å². The molecule has 0 spiro atoms. The van der Waals surface area contributed by atoms with Crippen molar-refractivity contribution in [3.8, 4) is 0 Å². The number of carbonyl (C=O) groups excluding carboxylic acids is 2. The summed E-state index contributed by atoms with van der Waals surface area (Å²) in [6, 6.07) is 29.1. The van der Waals surface area contributed by atoms with E-state index in [9.17, 15) is 9.59 Å². The summed E-state index contributed by atoms with van der Waals surface area (Å²) in [4.78, 5) is 30.9. The molecule has 0 bridgehead atoms. The minimum Gasteiger partial charge on any atom is -0.286 e. The van der Waals surface area contributed by atoms with Crippen molar-refractivity contribution in [2.24, 2.45) is 11.8 Å². The van der Waals surface area contributed by atoms with Gasteiger partial charge in [0.05, 0.1) is 0 Å². The van der Waals surface area contributed by atoms with Gasteiger partial charge in [0.1, 0.15) is 0 Å². The lowest BCUT2D eigenvalue weighted by atomic mass is 9.79. The largest absolute Gasteiger partial charge is 0.286 e. The van der Waals surface area contributed by atoms with E-state index in [4.69, 9.17) is 0 Å². The smallest absolute Gasteiger partial charge is 0.234 e. The maximum Gasteiger partial charge on any atom is 0.234 e. The Bertz CT molecular complexity index is 1060. The van der Waals surface area contributed by atoms with Crippen LogP contribution in [0.3, 0.4) is 0 Å². The topological polar surface area (TPSA) is 40.6 Å². The number of allylic oxidation sites excluding steroid dienone is 1. The van der Waals surface area contributed by atoms with Gasteiger partial charge >= 0.3 is 0 Å². The number of anilines is 3. The van der Waals surface area contributed by atoms with Crippen LogP contribution in [0.1, 0.15) is 32.6 Å². The summed E-state index contributed by atoms with van der Waals surface area (Å²) >= 11 is 0. The first-order valence-corrected chi connectivity index (χ1v) is 11.5.